The maximum absolute atomic E-state index is 12.5. The third-order valence-corrected chi connectivity index (χ3v) is 5.99. The summed E-state index contributed by atoms with van der Waals surface area (Å²) < 4.78 is 16.7. The van der Waals surface area contributed by atoms with Crippen LogP contribution in [0, 0.1) is 0 Å². The maximum Gasteiger partial charge on any atom is 0.343 e. The Morgan fingerprint density at radius 1 is 0.735 bits per heavy atom. The quantitative estimate of drug-likeness (QED) is 0.147. The molecule has 0 heterocycles. The molecule has 3 aromatic rings. The van der Waals surface area contributed by atoms with Gasteiger partial charge in [0.15, 0.2) is 0 Å². The highest BCUT2D eigenvalue weighted by molar-refractivity contribution is 5.91. The van der Waals surface area contributed by atoms with E-state index in [2.05, 4.69) is 19.1 Å². The molecule has 0 saturated carbocycles. The van der Waals surface area contributed by atoms with Crippen molar-refractivity contribution < 1.29 is 19.0 Å². The molecule has 0 spiro atoms. The van der Waals surface area contributed by atoms with Gasteiger partial charge in [-0.05, 0) is 66.4 Å². The molecule has 0 aliphatic heterocycles. The summed E-state index contributed by atoms with van der Waals surface area (Å²) in [5, 5.41) is 0. The normalized spacial score (nSPS) is 11.7. The second kappa shape index (κ2) is 13.6. The molecule has 0 aliphatic rings. The minimum absolute atomic E-state index is 0.0152. The third kappa shape index (κ3) is 7.74. The minimum atomic E-state index is -0.378. The minimum Gasteiger partial charge on any atom is -0.494 e. The molecule has 0 saturated heterocycles. The van der Waals surface area contributed by atoms with Crippen molar-refractivity contribution in [3.05, 3.63) is 83.9 Å². The largest absolute Gasteiger partial charge is 0.494 e. The second-order valence-corrected chi connectivity index (χ2v) is 8.55. The van der Waals surface area contributed by atoms with E-state index in [9.17, 15) is 4.79 Å². The van der Waals surface area contributed by atoms with Gasteiger partial charge in [-0.3, -0.25) is 0 Å². The van der Waals surface area contributed by atoms with E-state index in [0.717, 1.165) is 35.5 Å². The molecule has 0 aliphatic carbocycles. The fraction of sp³-hybridized carbons (Fsp3) is 0.367. The van der Waals surface area contributed by atoms with E-state index >= 15 is 0 Å². The van der Waals surface area contributed by atoms with Gasteiger partial charge in [-0.25, -0.2) is 4.79 Å². The number of esters is 1. The van der Waals surface area contributed by atoms with Crippen LogP contribution in [-0.4, -0.2) is 19.7 Å². The lowest BCUT2D eigenvalue weighted by Gasteiger charge is -2.10. The Hall–Kier alpha value is -3.11. The van der Waals surface area contributed by atoms with Gasteiger partial charge in [-0.2, -0.15) is 0 Å². The standard InChI is InChI=1S/C30H36O4/c1-4-5-6-7-8-9-22-33-28-18-14-25(15-19-28)26-16-20-29(21-17-26)34-30(31)27-12-10-24(11-13-27)23(2)32-3/h10-21,23H,4-9,22H2,1-3H3. The van der Waals surface area contributed by atoms with Gasteiger partial charge in [-0.1, -0.05) is 75.4 Å². The molecule has 3 aromatic carbocycles. The van der Waals surface area contributed by atoms with Crippen LogP contribution in [0.25, 0.3) is 11.1 Å². The monoisotopic (exact) mass is 460 g/mol. The second-order valence-electron chi connectivity index (χ2n) is 8.55. The number of ether oxygens (including phenoxy) is 3. The molecule has 0 radical (unpaired) electrons. The molecular weight excluding hydrogens is 424 g/mol. The first kappa shape index (κ1) is 25.5. The first-order valence-electron chi connectivity index (χ1n) is 12.3. The van der Waals surface area contributed by atoms with Gasteiger partial charge in [0, 0.05) is 7.11 Å². The first-order valence-corrected chi connectivity index (χ1v) is 12.3. The Kier molecular flexibility index (Phi) is 10.2. The van der Waals surface area contributed by atoms with Crippen molar-refractivity contribution in [3.8, 4) is 22.6 Å². The molecule has 3 rings (SSSR count). The van der Waals surface area contributed by atoms with E-state index in [1.165, 1.54) is 32.1 Å². The molecule has 0 aromatic heterocycles. The number of unbranched alkanes of at least 4 members (excludes halogenated alkanes) is 5. The predicted molar refractivity (Wildman–Crippen MR) is 138 cm³/mol. The zero-order chi connectivity index (χ0) is 24.2. The first-order chi connectivity index (χ1) is 16.6. The fourth-order valence-electron chi connectivity index (χ4n) is 3.72. The van der Waals surface area contributed by atoms with Crippen LogP contribution in [0.5, 0.6) is 11.5 Å². The number of methoxy groups -OCH3 is 1. The zero-order valence-corrected chi connectivity index (χ0v) is 20.6. The Balaban J connectivity index is 1.48. The van der Waals surface area contributed by atoms with Crippen LogP contribution < -0.4 is 9.47 Å². The molecule has 34 heavy (non-hydrogen) atoms. The van der Waals surface area contributed by atoms with Crippen molar-refractivity contribution in [3.63, 3.8) is 0 Å². The zero-order valence-electron chi connectivity index (χ0n) is 20.6. The molecule has 1 unspecified atom stereocenters. The highest BCUT2D eigenvalue weighted by Crippen LogP contribution is 2.25. The smallest absolute Gasteiger partial charge is 0.343 e. The van der Waals surface area contributed by atoms with E-state index in [1.54, 1.807) is 19.2 Å². The van der Waals surface area contributed by atoms with Gasteiger partial charge in [0.1, 0.15) is 11.5 Å². The highest BCUT2D eigenvalue weighted by Gasteiger charge is 2.11. The Labute approximate surface area is 203 Å². The Bertz CT molecular complexity index is 991. The lowest BCUT2D eigenvalue weighted by Crippen LogP contribution is -2.08. The van der Waals surface area contributed by atoms with Crippen LogP contribution in [0.15, 0.2) is 72.8 Å². The van der Waals surface area contributed by atoms with Crippen LogP contribution in [0.2, 0.25) is 0 Å². The predicted octanol–water partition coefficient (Wildman–Crippen LogP) is 8.02. The van der Waals surface area contributed by atoms with Crippen LogP contribution >= 0.6 is 0 Å². The van der Waals surface area contributed by atoms with Crippen molar-refractivity contribution in [2.75, 3.05) is 13.7 Å². The summed E-state index contributed by atoms with van der Waals surface area (Å²) >= 11 is 0. The molecule has 0 N–H and O–H groups in total. The van der Waals surface area contributed by atoms with Gasteiger partial charge in [0.05, 0.1) is 18.3 Å². The molecular formula is C30H36O4. The number of carbonyl (C=O) groups excluding carboxylic acids is 1. The molecule has 4 heteroatoms. The summed E-state index contributed by atoms with van der Waals surface area (Å²) in [6, 6.07) is 23.0. The van der Waals surface area contributed by atoms with Gasteiger partial charge in [0.25, 0.3) is 0 Å². The van der Waals surface area contributed by atoms with Crippen molar-refractivity contribution >= 4 is 5.97 Å². The van der Waals surface area contributed by atoms with E-state index in [4.69, 9.17) is 14.2 Å². The van der Waals surface area contributed by atoms with Crippen molar-refractivity contribution in [2.24, 2.45) is 0 Å². The van der Waals surface area contributed by atoms with Crippen molar-refractivity contribution in [1.29, 1.82) is 0 Å². The van der Waals surface area contributed by atoms with Crippen LogP contribution in [0.3, 0.4) is 0 Å². The molecule has 1 atom stereocenters. The average molecular weight is 461 g/mol. The summed E-state index contributed by atoms with van der Waals surface area (Å²) in [7, 11) is 1.66. The van der Waals surface area contributed by atoms with Crippen molar-refractivity contribution in [1.82, 2.24) is 0 Å². The summed E-state index contributed by atoms with van der Waals surface area (Å²) in [4.78, 5) is 12.5. The van der Waals surface area contributed by atoms with E-state index in [-0.39, 0.29) is 12.1 Å². The molecule has 0 fully saturated rings. The van der Waals surface area contributed by atoms with E-state index in [1.807, 2.05) is 55.5 Å². The Morgan fingerprint density at radius 2 is 1.29 bits per heavy atom. The summed E-state index contributed by atoms with van der Waals surface area (Å²) in [5.41, 5.74) is 3.67. The van der Waals surface area contributed by atoms with Crippen molar-refractivity contribution in [2.45, 2.75) is 58.5 Å². The number of hydrogen-bond donors (Lipinski definition) is 0. The fourth-order valence-corrected chi connectivity index (χ4v) is 3.72. The topological polar surface area (TPSA) is 44.8 Å². The summed E-state index contributed by atoms with van der Waals surface area (Å²) in [6.07, 6.45) is 7.54. The van der Waals surface area contributed by atoms with E-state index in [0.29, 0.717) is 11.3 Å². The molecule has 180 valence electrons. The van der Waals surface area contributed by atoms with Gasteiger partial charge < -0.3 is 14.2 Å². The van der Waals surface area contributed by atoms with Crippen LogP contribution in [0.4, 0.5) is 0 Å². The molecule has 4 nitrogen and oxygen atoms in total. The third-order valence-electron chi connectivity index (χ3n) is 5.99. The maximum atomic E-state index is 12.5. The number of hydrogen-bond acceptors (Lipinski definition) is 4. The number of carbonyl (C=O) groups is 1. The number of benzene rings is 3. The Morgan fingerprint density at radius 3 is 1.88 bits per heavy atom. The van der Waals surface area contributed by atoms with Gasteiger partial charge in [0.2, 0.25) is 0 Å². The lowest BCUT2D eigenvalue weighted by atomic mass is 10.1. The summed E-state index contributed by atoms with van der Waals surface area (Å²) in [6.45, 7) is 4.97. The van der Waals surface area contributed by atoms with E-state index < -0.39 is 0 Å². The summed E-state index contributed by atoms with van der Waals surface area (Å²) in [5.74, 6) is 1.03. The molecule has 0 bridgehead atoms. The SMILES string of the molecule is CCCCCCCCOc1ccc(-c2ccc(OC(=O)c3ccc(C(C)OC)cc3)cc2)cc1. The average Bonchev–Trinajstić information content (AvgIpc) is 2.88. The highest BCUT2D eigenvalue weighted by atomic mass is 16.5. The van der Waals surface area contributed by atoms with Gasteiger partial charge >= 0.3 is 5.97 Å². The molecule has 0 amide bonds. The van der Waals surface area contributed by atoms with Crippen LogP contribution in [0.1, 0.15) is 74.4 Å². The lowest BCUT2D eigenvalue weighted by molar-refractivity contribution is 0.0734. The van der Waals surface area contributed by atoms with Gasteiger partial charge in [-0.15, -0.1) is 0 Å². The number of rotatable bonds is 13. The van der Waals surface area contributed by atoms with Crippen LogP contribution in [-0.2, 0) is 4.74 Å².